The number of hydrogen-bond donors (Lipinski definition) is 3. The van der Waals surface area contributed by atoms with Crippen molar-refractivity contribution < 1.29 is 14.7 Å². The molecule has 1 atom stereocenters. The van der Waals surface area contributed by atoms with Crippen LogP contribution in [0, 0.1) is 6.92 Å². The maximum atomic E-state index is 12.4. The molecule has 2 aromatic rings. The highest BCUT2D eigenvalue weighted by molar-refractivity contribution is 7.98. The van der Waals surface area contributed by atoms with Crippen LogP contribution in [0.5, 0.6) is 0 Å². The number of carbonyl (C=O) groups is 2. The van der Waals surface area contributed by atoms with Crippen LogP contribution in [0.25, 0.3) is 0 Å². The smallest absolute Gasteiger partial charge is 0.414 e. The minimum Gasteiger partial charge on any atom is -0.464 e. The van der Waals surface area contributed by atoms with E-state index >= 15 is 0 Å². The lowest BCUT2D eigenvalue weighted by molar-refractivity contribution is -0.116. The quantitative estimate of drug-likeness (QED) is 0.577. The van der Waals surface area contributed by atoms with E-state index in [0.717, 1.165) is 23.1 Å². The zero-order valence-electron chi connectivity index (χ0n) is 13.3. The van der Waals surface area contributed by atoms with Crippen molar-refractivity contribution in [3.8, 4) is 0 Å². The van der Waals surface area contributed by atoms with E-state index < -0.39 is 11.3 Å². The summed E-state index contributed by atoms with van der Waals surface area (Å²) in [5.74, 6) is -0.280. The highest BCUT2D eigenvalue weighted by Gasteiger charge is 2.21. The Labute approximate surface area is 159 Å². The molecule has 0 saturated carbocycles. The lowest BCUT2D eigenvalue weighted by atomic mass is 10.0. The monoisotopic (exact) mass is 398 g/mol. The van der Waals surface area contributed by atoms with E-state index in [1.165, 1.54) is 0 Å². The molecule has 132 valence electrons. The maximum absolute atomic E-state index is 12.4. The van der Waals surface area contributed by atoms with Gasteiger partial charge in [0.05, 0.1) is 16.0 Å². The Morgan fingerprint density at radius 1 is 1.12 bits per heavy atom. The highest BCUT2D eigenvalue weighted by Crippen LogP contribution is 2.35. The standard InChI is InChI=1S/C17H16Cl2N2O3S/c1-10-11(5-4-7-12(10)18)15(25-21-17(23)24)9-16(22)20-14-8-3-2-6-13(14)19/h2-8,15,21H,9H2,1H3,(H,20,22)(H,23,24)/t15-/m0/s1. The van der Waals surface area contributed by atoms with Gasteiger partial charge < -0.3 is 10.4 Å². The second-order valence-electron chi connectivity index (χ2n) is 5.20. The molecule has 0 heterocycles. The van der Waals surface area contributed by atoms with E-state index in [0.29, 0.717) is 15.7 Å². The second kappa shape index (κ2) is 8.99. The van der Waals surface area contributed by atoms with Crippen LogP contribution in [0.4, 0.5) is 10.5 Å². The number of anilines is 1. The normalized spacial score (nSPS) is 11.6. The number of amides is 2. The number of halogens is 2. The van der Waals surface area contributed by atoms with E-state index in [9.17, 15) is 9.59 Å². The van der Waals surface area contributed by atoms with Gasteiger partial charge in [-0.2, -0.15) is 0 Å². The maximum Gasteiger partial charge on any atom is 0.414 e. The molecular formula is C17H16Cl2N2O3S. The van der Waals surface area contributed by atoms with Crippen LogP contribution in [-0.2, 0) is 4.79 Å². The Kier molecular flexibility index (Phi) is 6.99. The first-order chi connectivity index (χ1) is 11.9. The summed E-state index contributed by atoms with van der Waals surface area (Å²) in [6, 6.07) is 12.2. The molecule has 0 spiro atoms. The van der Waals surface area contributed by atoms with E-state index in [4.69, 9.17) is 28.3 Å². The first kappa shape index (κ1) is 19.4. The number of carbonyl (C=O) groups excluding carboxylic acids is 1. The van der Waals surface area contributed by atoms with Gasteiger partial charge in [0.25, 0.3) is 0 Å². The first-order valence-corrected chi connectivity index (χ1v) is 8.96. The molecule has 25 heavy (non-hydrogen) atoms. The summed E-state index contributed by atoms with van der Waals surface area (Å²) in [6.45, 7) is 1.83. The molecule has 0 bridgehead atoms. The topological polar surface area (TPSA) is 78.4 Å². The van der Waals surface area contributed by atoms with Crippen molar-refractivity contribution in [3.05, 3.63) is 63.6 Å². The van der Waals surface area contributed by atoms with Gasteiger partial charge in [-0.1, -0.05) is 47.5 Å². The third kappa shape index (κ3) is 5.56. The average molecular weight is 399 g/mol. The van der Waals surface area contributed by atoms with Crippen LogP contribution in [0.15, 0.2) is 42.5 Å². The van der Waals surface area contributed by atoms with Crippen LogP contribution in [0.3, 0.4) is 0 Å². The molecule has 0 fully saturated rings. The summed E-state index contributed by atoms with van der Waals surface area (Å²) in [5, 5.41) is 12.2. The number of carboxylic acid groups (broad SMARTS) is 1. The Morgan fingerprint density at radius 3 is 2.48 bits per heavy atom. The predicted molar refractivity (Wildman–Crippen MR) is 102 cm³/mol. The van der Waals surface area contributed by atoms with Gasteiger partial charge in [-0.25, -0.2) is 4.79 Å². The van der Waals surface area contributed by atoms with Crippen molar-refractivity contribution in [2.75, 3.05) is 5.32 Å². The zero-order chi connectivity index (χ0) is 18.4. The van der Waals surface area contributed by atoms with Crippen LogP contribution < -0.4 is 10.0 Å². The van der Waals surface area contributed by atoms with Crippen LogP contribution in [-0.4, -0.2) is 17.1 Å². The third-order valence-corrected chi connectivity index (χ3v) is 5.20. The summed E-state index contributed by atoms with van der Waals surface area (Å²) in [4.78, 5) is 23.2. The van der Waals surface area contributed by atoms with Gasteiger partial charge in [-0.05, 0) is 48.2 Å². The number of rotatable bonds is 6. The van der Waals surface area contributed by atoms with Crippen molar-refractivity contribution in [2.24, 2.45) is 0 Å². The van der Waals surface area contributed by atoms with Crippen molar-refractivity contribution in [1.29, 1.82) is 0 Å². The number of hydrogen-bond acceptors (Lipinski definition) is 3. The number of para-hydroxylation sites is 1. The van der Waals surface area contributed by atoms with E-state index in [1.807, 2.05) is 13.0 Å². The van der Waals surface area contributed by atoms with Gasteiger partial charge in [0, 0.05) is 11.4 Å². The van der Waals surface area contributed by atoms with Gasteiger partial charge in [-0.15, -0.1) is 0 Å². The molecule has 0 saturated heterocycles. The molecule has 3 N–H and O–H groups in total. The Morgan fingerprint density at radius 2 is 1.80 bits per heavy atom. The molecule has 0 radical (unpaired) electrons. The van der Waals surface area contributed by atoms with Crippen LogP contribution in [0.2, 0.25) is 10.0 Å². The molecule has 2 rings (SSSR count). The minimum absolute atomic E-state index is 0.0529. The molecule has 2 aromatic carbocycles. The van der Waals surface area contributed by atoms with Gasteiger partial charge in [-0.3, -0.25) is 9.52 Å². The lowest BCUT2D eigenvalue weighted by Gasteiger charge is -2.19. The van der Waals surface area contributed by atoms with Crippen molar-refractivity contribution in [3.63, 3.8) is 0 Å². The fourth-order valence-corrected chi connectivity index (χ4v) is 3.47. The largest absolute Gasteiger partial charge is 0.464 e. The molecule has 2 amide bonds. The fourth-order valence-electron chi connectivity index (χ4n) is 2.24. The van der Waals surface area contributed by atoms with Gasteiger partial charge in [0.15, 0.2) is 0 Å². The van der Waals surface area contributed by atoms with Crippen LogP contribution in [0.1, 0.15) is 22.8 Å². The van der Waals surface area contributed by atoms with Crippen molar-refractivity contribution in [1.82, 2.24) is 4.72 Å². The minimum atomic E-state index is -1.18. The Hall–Kier alpha value is -1.89. The zero-order valence-corrected chi connectivity index (χ0v) is 15.6. The summed E-state index contributed by atoms with van der Waals surface area (Å²) in [7, 11) is 0. The van der Waals surface area contributed by atoms with E-state index in [2.05, 4.69) is 10.0 Å². The molecule has 0 aliphatic rings. The Bertz CT molecular complexity index is 786. The second-order valence-corrected chi connectivity index (χ2v) is 7.02. The molecule has 8 heteroatoms. The molecule has 0 aliphatic heterocycles. The van der Waals surface area contributed by atoms with Crippen molar-refractivity contribution >= 4 is 52.8 Å². The van der Waals surface area contributed by atoms with Crippen molar-refractivity contribution in [2.45, 2.75) is 18.6 Å². The highest BCUT2D eigenvalue weighted by atomic mass is 35.5. The molecule has 0 unspecified atom stereocenters. The van der Waals surface area contributed by atoms with Gasteiger partial charge in [0.2, 0.25) is 5.91 Å². The number of nitrogens with one attached hydrogen (secondary N) is 2. The Balaban J connectivity index is 2.18. The van der Waals surface area contributed by atoms with Gasteiger partial charge in [0.1, 0.15) is 0 Å². The predicted octanol–water partition coefficient (Wildman–Crippen LogP) is 5.29. The van der Waals surface area contributed by atoms with Crippen LogP contribution >= 0.6 is 35.1 Å². The van der Waals surface area contributed by atoms with E-state index in [1.54, 1.807) is 36.4 Å². The summed E-state index contributed by atoms with van der Waals surface area (Å²) in [5.41, 5.74) is 2.10. The van der Waals surface area contributed by atoms with Gasteiger partial charge >= 0.3 is 6.09 Å². The van der Waals surface area contributed by atoms with E-state index in [-0.39, 0.29) is 12.3 Å². The SMILES string of the molecule is Cc1c(Cl)cccc1[C@H](CC(=O)Nc1ccccc1Cl)SNC(=O)O. The number of benzene rings is 2. The molecule has 5 nitrogen and oxygen atoms in total. The summed E-state index contributed by atoms with van der Waals surface area (Å²) < 4.78 is 2.26. The summed E-state index contributed by atoms with van der Waals surface area (Å²) >= 11 is 13.1. The summed E-state index contributed by atoms with van der Waals surface area (Å²) in [6.07, 6.45) is -1.13. The molecule has 0 aliphatic carbocycles. The fraction of sp³-hybridized carbons (Fsp3) is 0.176. The molecular weight excluding hydrogens is 383 g/mol. The third-order valence-electron chi connectivity index (χ3n) is 3.46. The first-order valence-electron chi connectivity index (χ1n) is 7.32. The lowest BCUT2D eigenvalue weighted by Crippen LogP contribution is -2.19. The average Bonchev–Trinajstić information content (AvgIpc) is 2.56. The molecule has 0 aromatic heterocycles.